The first kappa shape index (κ1) is 22.8. The van der Waals surface area contributed by atoms with E-state index in [0.717, 1.165) is 20.3 Å². The average molecular weight is 554 g/mol. The average Bonchev–Trinajstić information content (AvgIpc) is 3.41. The molecule has 1 aromatic heterocycles. The van der Waals surface area contributed by atoms with Crippen LogP contribution in [0.25, 0.3) is 10.2 Å². The van der Waals surface area contributed by atoms with Gasteiger partial charge in [0, 0.05) is 23.1 Å². The van der Waals surface area contributed by atoms with Crippen molar-refractivity contribution in [2.45, 2.75) is 17.9 Å². The highest BCUT2D eigenvalue weighted by atomic mass is 79.9. The summed E-state index contributed by atoms with van der Waals surface area (Å²) in [5, 5.41) is 0. The summed E-state index contributed by atoms with van der Waals surface area (Å²) in [7, 11) is -3.72. The number of hydrogen-bond donors (Lipinski definition) is 0. The quantitative estimate of drug-likeness (QED) is 0.321. The number of allylic oxidation sites excluding steroid dienone is 1. The molecule has 0 unspecified atom stereocenters. The number of aromatic nitrogens is 1. The Balaban J connectivity index is 1.47. The first-order chi connectivity index (χ1) is 16.4. The van der Waals surface area contributed by atoms with Crippen LogP contribution in [0.5, 0.6) is 0 Å². The summed E-state index contributed by atoms with van der Waals surface area (Å²) in [6.07, 6.45) is 2.44. The Morgan fingerprint density at radius 2 is 1.88 bits per heavy atom. The van der Waals surface area contributed by atoms with Gasteiger partial charge in [0.25, 0.3) is 15.9 Å². The summed E-state index contributed by atoms with van der Waals surface area (Å²) < 4.78 is 31.7. The minimum absolute atomic E-state index is 0.147. The van der Waals surface area contributed by atoms with Gasteiger partial charge in [0.2, 0.25) is 0 Å². The van der Waals surface area contributed by atoms with Gasteiger partial charge in [-0.15, -0.1) is 6.58 Å². The van der Waals surface area contributed by atoms with Gasteiger partial charge in [0.05, 0.1) is 20.8 Å². The third-order valence-electron chi connectivity index (χ3n) is 5.69. The van der Waals surface area contributed by atoms with E-state index in [2.05, 4.69) is 27.5 Å². The minimum atomic E-state index is -3.72. The van der Waals surface area contributed by atoms with Gasteiger partial charge in [-0.3, -0.25) is 9.10 Å². The van der Waals surface area contributed by atoms with Crippen LogP contribution in [0, 0.1) is 0 Å². The lowest BCUT2D eigenvalue weighted by Crippen LogP contribution is -2.29. The van der Waals surface area contributed by atoms with Gasteiger partial charge in [0.15, 0.2) is 4.80 Å². The second-order valence-electron chi connectivity index (χ2n) is 7.79. The molecule has 1 aliphatic heterocycles. The van der Waals surface area contributed by atoms with Crippen LogP contribution in [0.15, 0.2) is 93.7 Å². The monoisotopic (exact) mass is 553 g/mol. The van der Waals surface area contributed by atoms with E-state index in [1.165, 1.54) is 39.9 Å². The van der Waals surface area contributed by atoms with Crippen LogP contribution in [0.2, 0.25) is 0 Å². The van der Waals surface area contributed by atoms with E-state index in [4.69, 9.17) is 0 Å². The van der Waals surface area contributed by atoms with Gasteiger partial charge in [-0.05, 0) is 60.5 Å². The van der Waals surface area contributed by atoms with E-state index in [0.29, 0.717) is 35.6 Å². The third-order valence-corrected chi connectivity index (χ3v) is 9.05. The molecule has 0 fully saturated rings. The molecule has 0 spiro atoms. The van der Waals surface area contributed by atoms with Crippen molar-refractivity contribution >= 4 is 59.1 Å². The maximum atomic E-state index is 13.2. The lowest BCUT2D eigenvalue weighted by atomic mass is 10.2. The Kier molecular flexibility index (Phi) is 6.01. The molecule has 0 saturated heterocycles. The van der Waals surface area contributed by atoms with Crippen molar-refractivity contribution < 1.29 is 13.2 Å². The number of thiazole rings is 1. The van der Waals surface area contributed by atoms with Crippen LogP contribution in [-0.4, -0.2) is 25.4 Å². The summed E-state index contributed by atoms with van der Waals surface area (Å²) in [6, 6.07) is 19.4. The van der Waals surface area contributed by atoms with Crippen LogP contribution in [0.3, 0.4) is 0 Å². The van der Waals surface area contributed by atoms with E-state index < -0.39 is 15.9 Å². The molecule has 5 rings (SSSR count). The molecule has 0 bridgehead atoms. The molecular weight excluding hydrogens is 534 g/mol. The normalized spacial score (nSPS) is 13.9. The maximum absolute atomic E-state index is 13.2. The summed E-state index contributed by atoms with van der Waals surface area (Å²) in [4.78, 5) is 18.0. The number of nitrogens with zero attached hydrogens (tertiary/aromatic N) is 3. The molecule has 0 saturated carbocycles. The number of fused-ring (bicyclic) bond motifs is 2. The van der Waals surface area contributed by atoms with Crippen molar-refractivity contribution in [3.05, 3.63) is 99.8 Å². The van der Waals surface area contributed by atoms with Crippen molar-refractivity contribution in [3.63, 3.8) is 0 Å². The highest BCUT2D eigenvalue weighted by Crippen LogP contribution is 2.32. The van der Waals surface area contributed by atoms with E-state index in [1.807, 2.05) is 47.0 Å². The van der Waals surface area contributed by atoms with Crippen LogP contribution in [-0.2, 0) is 23.0 Å². The number of halogens is 1. The Morgan fingerprint density at radius 3 is 2.65 bits per heavy atom. The van der Waals surface area contributed by atoms with Gasteiger partial charge in [-0.1, -0.05) is 51.5 Å². The molecular formula is C25H20BrN3O3S2. The van der Waals surface area contributed by atoms with Gasteiger partial charge in [-0.2, -0.15) is 4.99 Å². The van der Waals surface area contributed by atoms with E-state index >= 15 is 0 Å². The smallest absolute Gasteiger partial charge is 0.279 e. The van der Waals surface area contributed by atoms with E-state index in [1.54, 1.807) is 6.08 Å². The first-order valence-electron chi connectivity index (χ1n) is 10.6. The molecule has 172 valence electrons. The molecule has 0 N–H and O–H groups in total. The van der Waals surface area contributed by atoms with Crippen LogP contribution < -0.4 is 9.11 Å². The summed E-state index contributed by atoms with van der Waals surface area (Å²) in [5.41, 5.74) is 3.01. The second kappa shape index (κ2) is 8.98. The largest absolute Gasteiger partial charge is 0.312 e. The summed E-state index contributed by atoms with van der Waals surface area (Å²) in [6.45, 7) is 4.73. The predicted molar refractivity (Wildman–Crippen MR) is 139 cm³/mol. The van der Waals surface area contributed by atoms with Gasteiger partial charge in [-0.25, -0.2) is 8.42 Å². The Labute approximate surface area is 209 Å². The number of carbonyl (C=O) groups is 1. The van der Waals surface area contributed by atoms with Crippen molar-refractivity contribution in [3.8, 4) is 0 Å². The number of amides is 1. The fourth-order valence-electron chi connectivity index (χ4n) is 4.04. The minimum Gasteiger partial charge on any atom is -0.312 e. The van der Waals surface area contributed by atoms with Crippen molar-refractivity contribution in [1.82, 2.24) is 4.57 Å². The van der Waals surface area contributed by atoms with E-state index in [-0.39, 0.29) is 4.90 Å². The zero-order valence-electron chi connectivity index (χ0n) is 18.0. The molecule has 34 heavy (non-hydrogen) atoms. The SMILES string of the molecule is C=CCn1c(=NC(=O)c2ccc(S(=O)(=O)N3CCc4ccccc43)cc2)sc2cc(Br)ccc21. The van der Waals surface area contributed by atoms with Gasteiger partial charge < -0.3 is 4.57 Å². The van der Waals surface area contributed by atoms with Crippen molar-refractivity contribution in [1.29, 1.82) is 0 Å². The number of hydrogen-bond acceptors (Lipinski definition) is 4. The highest BCUT2D eigenvalue weighted by Gasteiger charge is 2.30. The number of anilines is 1. The Bertz CT molecular complexity index is 1600. The van der Waals surface area contributed by atoms with Crippen LogP contribution in [0.4, 0.5) is 5.69 Å². The lowest BCUT2D eigenvalue weighted by Gasteiger charge is -2.19. The van der Waals surface area contributed by atoms with Crippen LogP contribution >= 0.6 is 27.3 Å². The molecule has 1 amide bonds. The molecule has 4 aromatic rings. The molecule has 0 aliphatic carbocycles. The molecule has 9 heteroatoms. The second-order valence-corrected chi connectivity index (χ2v) is 11.6. The topological polar surface area (TPSA) is 71.7 Å². The fraction of sp³-hybridized carbons (Fsp3) is 0.120. The Morgan fingerprint density at radius 1 is 1.12 bits per heavy atom. The third kappa shape index (κ3) is 4.04. The molecule has 0 atom stereocenters. The van der Waals surface area contributed by atoms with Gasteiger partial charge >= 0.3 is 0 Å². The zero-order chi connectivity index (χ0) is 23.9. The summed E-state index contributed by atoms with van der Waals surface area (Å²) >= 11 is 4.89. The molecule has 2 heterocycles. The number of carbonyl (C=O) groups excluding carboxylic acids is 1. The van der Waals surface area contributed by atoms with Crippen LogP contribution in [0.1, 0.15) is 15.9 Å². The van der Waals surface area contributed by atoms with Gasteiger partial charge in [0.1, 0.15) is 0 Å². The standard InChI is InChI=1S/C25H20BrN3O3S2/c1-2-14-28-22-12-9-19(26)16-23(22)33-25(28)27-24(30)18-7-10-20(11-8-18)34(31,32)29-15-13-17-5-3-4-6-21(17)29/h2-12,16H,1,13-15H2. The predicted octanol–water partition coefficient (Wildman–Crippen LogP) is 5.14. The molecule has 6 nitrogen and oxygen atoms in total. The fourth-order valence-corrected chi connectivity index (χ4v) is 7.14. The van der Waals surface area contributed by atoms with Crippen molar-refractivity contribution in [2.24, 2.45) is 4.99 Å². The lowest BCUT2D eigenvalue weighted by molar-refractivity contribution is 0.0998. The summed E-state index contributed by atoms with van der Waals surface area (Å²) in [5.74, 6) is -0.432. The zero-order valence-corrected chi connectivity index (χ0v) is 21.2. The number of benzene rings is 3. The number of para-hydroxylation sites is 1. The molecule has 1 aliphatic rings. The first-order valence-corrected chi connectivity index (χ1v) is 13.6. The Hall–Kier alpha value is -3.01. The van der Waals surface area contributed by atoms with Crippen molar-refractivity contribution in [2.75, 3.05) is 10.8 Å². The highest BCUT2D eigenvalue weighted by molar-refractivity contribution is 9.10. The number of rotatable bonds is 5. The molecule has 0 radical (unpaired) electrons. The maximum Gasteiger partial charge on any atom is 0.279 e. The molecule has 3 aromatic carbocycles. The number of sulfonamides is 1. The van der Waals surface area contributed by atoms with E-state index in [9.17, 15) is 13.2 Å².